The Labute approximate surface area is 153 Å². The second-order valence-electron chi connectivity index (χ2n) is 6.38. The lowest BCUT2D eigenvalue weighted by atomic mass is 10.1. The van der Waals surface area contributed by atoms with Crippen molar-refractivity contribution in [2.75, 3.05) is 6.54 Å². The Morgan fingerprint density at radius 2 is 1.96 bits per heavy atom. The van der Waals surface area contributed by atoms with Crippen molar-refractivity contribution in [3.05, 3.63) is 69.3 Å². The minimum atomic E-state index is -0.474. The topological polar surface area (TPSA) is 81.5 Å². The number of aryl methyl sites for hydroxylation is 1. The monoisotopic (exact) mass is 356 g/mol. The van der Waals surface area contributed by atoms with Gasteiger partial charge in [0.05, 0.1) is 11.0 Å². The zero-order valence-corrected chi connectivity index (χ0v) is 15.3. The summed E-state index contributed by atoms with van der Waals surface area (Å²) in [6, 6.07) is 12.4. The summed E-state index contributed by atoms with van der Waals surface area (Å²) in [7, 11) is 0. The van der Waals surface area contributed by atoms with E-state index in [1.165, 1.54) is 12.1 Å². The molecule has 0 fully saturated rings. The predicted octanol–water partition coefficient (Wildman–Crippen LogP) is 4.05. The number of ether oxygens (including phenoxy) is 1. The Hall–Kier alpha value is -2.89. The molecule has 0 unspecified atom stereocenters. The van der Waals surface area contributed by atoms with E-state index in [0.717, 1.165) is 24.2 Å². The molecule has 26 heavy (non-hydrogen) atoms. The molecule has 0 aromatic heterocycles. The van der Waals surface area contributed by atoms with E-state index in [1.807, 2.05) is 38.1 Å². The molecule has 2 aromatic carbocycles. The fourth-order valence-corrected chi connectivity index (χ4v) is 2.70. The molecule has 0 aliphatic carbocycles. The van der Waals surface area contributed by atoms with Crippen molar-refractivity contribution in [2.45, 2.75) is 39.7 Å². The minimum absolute atomic E-state index is 0.0420. The maximum Gasteiger partial charge on any atom is 0.273 e. The molecule has 0 radical (unpaired) electrons. The first-order chi connectivity index (χ1) is 12.4. The molecule has 0 saturated heterocycles. The van der Waals surface area contributed by atoms with Crippen LogP contribution < -0.4 is 10.1 Å². The van der Waals surface area contributed by atoms with Crippen LogP contribution in [0.4, 0.5) is 5.69 Å². The lowest BCUT2D eigenvalue weighted by molar-refractivity contribution is -0.385. The van der Waals surface area contributed by atoms with Gasteiger partial charge in [0.1, 0.15) is 5.75 Å². The Morgan fingerprint density at radius 1 is 1.23 bits per heavy atom. The molecule has 1 N–H and O–H groups in total. The fraction of sp³-hybridized carbons (Fsp3) is 0.350. The van der Waals surface area contributed by atoms with Gasteiger partial charge in [0.25, 0.3) is 11.6 Å². The number of nitro benzene ring substituents is 1. The molecule has 0 atom stereocenters. The second-order valence-corrected chi connectivity index (χ2v) is 6.38. The highest BCUT2D eigenvalue weighted by atomic mass is 16.6. The molecule has 0 heterocycles. The highest BCUT2D eigenvalue weighted by Gasteiger charge is 2.17. The Balaban J connectivity index is 1.88. The third kappa shape index (κ3) is 5.31. The fourth-order valence-electron chi connectivity index (χ4n) is 2.70. The Kier molecular flexibility index (Phi) is 6.72. The first-order valence-electron chi connectivity index (χ1n) is 8.66. The van der Waals surface area contributed by atoms with Gasteiger partial charge in [0.2, 0.25) is 0 Å². The molecule has 0 saturated carbocycles. The number of amides is 1. The standard InChI is InChI=1S/C20H24N2O4/c1-14(2)26-17-9-4-7-16(13-17)8-6-12-21-20(23)18-10-5-11-19(15(18)3)22(24)25/h4-5,7,9-11,13-14H,6,8,12H2,1-3H3,(H,21,23). The zero-order chi connectivity index (χ0) is 19.1. The maximum absolute atomic E-state index is 12.3. The summed E-state index contributed by atoms with van der Waals surface area (Å²) in [5, 5.41) is 13.8. The summed E-state index contributed by atoms with van der Waals surface area (Å²) in [4.78, 5) is 22.8. The number of hydrogen-bond donors (Lipinski definition) is 1. The lowest BCUT2D eigenvalue weighted by Crippen LogP contribution is -2.25. The van der Waals surface area contributed by atoms with Crippen LogP contribution in [0.3, 0.4) is 0 Å². The molecule has 138 valence electrons. The molecule has 6 nitrogen and oxygen atoms in total. The predicted molar refractivity (Wildman–Crippen MR) is 101 cm³/mol. The number of carbonyl (C=O) groups excluding carboxylic acids is 1. The van der Waals surface area contributed by atoms with Crippen LogP contribution in [0.2, 0.25) is 0 Å². The summed E-state index contributed by atoms with van der Waals surface area (Å²) in [6.45, 7) is 6.06. The zero-order valence-electron chi connectivity index (χ0n) is 15.3. The third-order valence-corrected chi connectivity index (χ3v) is 3.94. The number of nitrogens with one attached hydrogen (secondary N) is 1. The van der Waals surface area contributed by atoms with Gasteiger partial charge in [-0.05, 0) is 57.4 Å². The number of carbonyl (C=O) groups is 1. The van der Waals surface area contributed by atoms with Crippen LogP contribution in [0.1, 0.15) is 41.8 Å². The summed E-state index contributed by atoms with van der Waals surface area (Å²) >= 11 is 0. The minimum Gasteiger partial charge on any atom is -0.491 e. The van der Waals surface area contributed by atoms with E-state index in [2.05, 4.69) is 5.32 Å². The Bertz CT molecular complexity index is 787. The smallest absolute Gasteiger partial charge is 0.273 e. The first-order valence-corrected chi connectivity index (χ1v) is 8.66. The van der Waals surface area contributed by atoms with Crippen molar-refractivity contribution in [1.82, 2.24) is 5.32 Å². The van der Waals surface area contributed by atoms with Gasteiger partial charge in [0, 0.05) is 23.7 Å². The van der Waals surface area contributed by atoms with Gasteiger partial charge in [-0.1, -0.05) is 18.2 Å². The van der Waals surface area contributed by atoms with Crippen LogP contribution in [0.5, 0.6) is 5.75 Å². The summed E-state index contributed by atoms with van der Waals surface area (Å²) in [5.41, 5.74) is 1.82. The Morgan fingerprint density at radius 3 is 2.65 bits per heavy atom. The number of hydrogen-bond acceptors (Lipinski definition) is 4. The molecule has 0 spiro atoms. The van der Waals surface area contributed by atoms with Crippen LogP contribution in [0.25, 0.3) is 0 Å². The first kappa shape index (κ1) is 19.4. The molecule has 0 bridgehead atoms. The van der Waals surface area contributed by atoms with Crippen LogP contribution >= 0.6 is 0 Å². The van der Waals surface area contributed by atoms with Crippen LogP contribution in [0.15, 0.2) is 42.5 Å². The molecule has 6 heteroatoms. The van der Waals surface area contributed by atoms with Crippen LogP contribution in [0, 0.1) is 17.0 Å². The van der Waals surface area contributed by atoms with Crippen molar-refractivity contribution >= 4 is 11.6 Å². The van der Waals surface area contributed by atoms with Crippen molar-refractivity contribution in [2.24, 2.45) is 0 Å². The highest BCUT2D eigenvalue weighted by Crippen LogP contribution is 2.21. The lowest BCUT2D eigenvalue weighted by Gasteiger charge is -2.11. The average Bonchev–Trinajstić information content (AvgIpc) is 2.58. The molecule has 2 rings (SSSR count). The van der Waals surface area contributed by atoms with E-state index in [-0.39, 0.29) is 17.7 Å². The maximum atomic E-state index is 12.3. The van der Waals surface area contributed by atoms with Crippen molar-refractivity contribution in [3.63, 3.8) is 0 Å². The molecule has 1 amide bonds. The van der Waals surface area contributed by atoms with E-state index in [4.69, 9.17) is 4.74 Å². The third-order valence-electron chi connectivity index (χ3n) is 3.94. The van der Waals surface area contributed by atoms with Gasteiger partial charge in [-0.15, -0.1) is 0 Å². The molecule has 0 aliphatic heterocycles. The summed E-state index contributed by atoms with van der Waals surface area (Å²) in [6.07, 6.45) is 1.71. The van der Waals surface area contributed by atoms with Gasteiger partial charge in [-0.25, -0.2) is 0 Å². The van der Waals surface area contributed by atoms with E-state index < -0.39 is 4.92 Å². The van der Waals surface area contributed by atoms with Gasteiger partial charge in [-0.2, -0.15) is 0 Å². The number of rotatable bonds is 8. The van der Waals surface area contributed by atoms with Crippen molar-refractivity contribution < 1.29 is 14.5 Å². The highest BCUT2D eigenvalue weighted by molar-refractivity contribution is 5.96. The van der Waals surface area contributed by atoms with E-state index in [1.54, 1.807) is 13.0 Å². The van der Waals surface area contributed by atoms with Crippen LogP contribution in [-0.4, -0.2) is 23.5 Å². The van der Waals surface area contributed by atoms with E-state index >= 15 is 0 Å². The van der Waals surface area contributed by atoms with Gasteiger partial charge in [0.15, 0.2) is 0 Å². The van der Waals surface area contributed by atoms with E-state index in [9.17, 15) is 14.9 Å². The summed E-state index contributed by atoms with van der Waals surface area (Å²) < 4.78 is 5.68. The molecular formula is C20H24N2O4. The molecular weight excluding hydrogens is 332 g/mol. The van der Waals surface area contributed by atoms with E-state index in [0.29, 0.717) is 17.7 Å². The number of benzene rings is 2. The second kappa shape index (κ2) is 8.99. The SMILES string of the molecule is Cc1c(C(=O)NCCCc2cccc(OC(C)C)c2)cccc1[N+](=O)[O-]. The quantitative estimate of drug-likeness (QED) is 0.439. The van der Waals surface area contributed by atoms with Gasteiger partial charge < -0.3 is 10.1 Å². The van der Waals surface area contributed by atoms with Crippen molar-refractivity contribution in [1.29, 1.82) is 0 Å². The number of nitrogens with zero attached hydrogens (tertiary/aromatic N) is 1. The largest absolute Gasteiger partial charge is 0.491 e. The normalized spacial score (nSPS) is 10.6. The van der Waals surface area contributed by atoms with Crippen LogP contribution in [-0.2, 0) is 6.42 Å². The molecule has 0 aliphatic rings. The summed E-state index contributed by atoms with van der Waals surface area (Å²) in [5.74, 6) is 0.553. The molecule has 2 aromatic rings. The van der Waals surface area contributed by atoms with Crippen molar-refractivity contribution in [3.8, 4) is 5.75 Å². The average molecular weight is 356 g/mol. The number of nitro groups is 1. The van der Waals surface area contributed by atoms with Gasteiger partial charge >= 0.3 is 0 Å². The van der Waals surface area contributed by atoms with Gasteiger partial charge in [-0.3, -0.25) is 14.9 Å².